The molecule has 11 heteroatoms. The van der Waals surface area contributed by atoms with Gasteiger partial charge in [-0.1, -0.05) is 12.8 Å². The van der Waals surface area contributed by atoms with Crippen LogP contribution in [0.4, 0.5) is 10.1 Å². The lowest BCUT2D eigenvalue weighted by Crippen LogP contribution is -2.20. The third kappa shape index (κ3) is 3.71. The van der Waals surface area contributed by atoms with Gasteiger partial charge in [-0.3, -0.25) is 19.9 Å². The molecule has 6 aromatic rings. The Hall–Kier alpha value is -4.93. The number of pyridine rings is 3. The van der Waals surface area contributed by atoms with Crippen molar-refractivity contribution in [2.24, 2.45) is 5.92 Å². The number of carbonyl (C=O) groups is 1. The van der Waals surface area contributed by atoms with Crippen LogP contribution in [0.2, 0.25) is 0 Å². The number of hydrogen-bond acceptors (Lipinski definition) is 7. The molecule has 188 valence electrons. The molecule has 6 heterocycles. The molecule has 1 amide bonds. The van der Waals surface area contributed by atoms with Crippen molar-refractivity contribution >= 4 is 33.7 Å². The topological polar surface area (TPSA) is 138 Å². The Bertz CT molecular complexity index is 1800. The quantitative estimate of drug-likeness (QED) is 0.280. The monoisotopic (exact) mass is 508 g/mol. The summed E-state index contributed by atoms with van der Waals surface area (Å²) >= 11 is 0. The van der Waals surface area contributed by atoms with Gasteiger partial charge < -0.3 is 14.7 Å². The fourth-order valence-corrected chi connectivity index (χ4v) is 5.07. The number of furan rings is 1. The Morgan fingerprint density at radius 2 is 1.97 bits per heavy atom. The summed E-state index contributed by atoms with van der Waals surface area (Å²) in [6.07, 6.45) is 13.3. The number of rotatable bonds is 5. The molecule has 10 nitrogen and oxygen atoms in total. The Morgan fingerprint density at radius 3 is 2.82 bits per heavy atom. The number of fused-ring (bicyclic) bond motifs is 2. The minimum absolute atomic E-state index is 0.00919. The second-order valence-corrected chi connectivity index (χ2v) is 9.37. The third-order valence-corrected chi connectivity index (χ3v) is 6.99. The highest BCUT2D eigenvalue weighted by molar-refractivity contribution is 5.97. The highest BCUT2D eigenvalue weighted by Gasteiger charge is 2.24. The molecule has 6 aromatic heterocycles. The van der Waals surface area contributed by atoms with Crippen LogP contribution in [0.15, 0.2) is 59.9 Å². The molecule has 7 rings (SSSR count). The minimum Gasteiger partial charge on any atom is -0.472 e. The van der Waals surface area contributed by atoms with E-state index in [0.29, 0.717) is 34.0 Å². The van der Waals surface area contributed by atoms with Gasteiger partial charge in [-0.15, -0.1) is 0 Å². The molecule has 1 aliphatic rings. The van der Waals surface area contributed by atoms with E-state index in [1.165, 1.54) is 6.20 Å². The van der Waals surface area contributed by atoms with Crippen molar-refractivity contribution in [3.63, 3.8) is 0 Å². The fourth-order valence-electron chi connectivity index (χ4n) is 5.07. The molecule has 3 N–H and O–H groups in total. The van der Waals surface area contributed by atoms with Crippen molar-refractivity contribution < 1.29 is 13.6 Å². The standard InChI is InChI=1S/C27H21FN8O2/c28-21-18(16-9-17(11-29-10-16)32-27(37)14-3-1-2-4-14)12-31-25-20(21)24(35-36-25)26-33-19-5-7-30-22(23(19)34-26)15-6-8-38-13-15/h5-14H,1-4H2,(H,32,37)(H,33,34)(H,31,35,36). The zero-order chi connectivity index (χ0) is 25.6. The molecule has 0 aromatic carbocycles. The highest BCUT2D eigenvalue weighted by Crippen LogP contribution is 2.34. The molecule has 0 aliphatic heterocycles. The van der Waals surface area contributed by atoms with Crippen LogP contribution < -0.4 is 5.32 Å². The summed E-state index contributed by atoms with van der Waals surface area (Å²) in [7, 11) is 0. The van der Waals surface area contributed by atoms with Crippen molar-refractivity contribution in [3.8, 4) is 33.9 Å². The van der Waals surface area contributed by atoms with Gasteiger partial charge in [0.05, 0.1) is 35.3 Å². The summed E-state index contributed by atoms with van der Waals surface area (Å²) in [5, 5.41) is 10.2. The van der Waals surface area contributed by atoms with Crippen LogP contribution in [-0.2, 0) is 4.79 Å². The van der Waals surface area contributed by atoms with Gasteiger partial charge in [0.25, 0.3) is 0 Å². The first-order chi connectivity index (χ1) is 18.7. The molecule has 0 saturated heterocycles. The maximum atomic E-state index is 16.1. The van der Waals surface area contributed by atoms with E-state index in [0.717, 1.165) is 36.8 Å². The van der Waals surface area contributed by atoms with E-state index in [4.69, 9.17) is 9.40 Å². The van der Waals surface area contributed by atoms with Crippen molar-refractivity contribution in [1.29, 1.82) is 0 Å². The van der Waals surface area contributed by atoms with Crippen LogP contribution in [-0.4, -0.2) is 41.0 Å². The van der Waals surface area contributed by atoms with E-state index < -0.39 is 5.82 Å². The van der Waals surface area contributed by atoms with Crippen LogP contribution >= 0.6 is 0 Å². The Morgan fingerprint density at radius 1 is 1.08 bits per heavy atom. The average Bonchev–Trinajstić information content (AvgIpc) is 3.74. The molecule has 0 radical (unpaired) electrons. The van der Waals surface area contributed by atoms with Gasteiger partial charge in [0.15, 0.2) is 11.5 Å². The smallest absolute Gasteiger partial charge is 0.227 e. The van der Waals surface area contributed by atoms with Gasteiger partial charge in [0.2, 0.25) is 5.91 Å². The van der Waals surface area contributed by atoms with Gasteiger partial charge >= 0.3 is 0 Å². The molecule has 0 spiro atoms. The number of nitrogens with zero attached hydrogens (tertiary/aromatic N) is 5. The van der Waals surface area contributed by atoms with E-state index in [9.17, 15) is 4.79 Å². The molecular weight excluding hydrogens is 487 g/mol. The van der Waals surface area contributed by atoms with Crippen LogP contribution in [0.1, 0.15) is 25.7 Å². The number of amides is 1. The lowest BCUT2D eigenvalue weighted by Gasteiger charge is -2.11. The zero-order valence-electron chi connectivity index (χ0n) is 20.0. The van der Waals surface area contributed by atoms with Gasteiger partial charge in [-0.2, -0.15) is 5.10 Å². The van der Waals surface area contributed by atoms with E-state index >= 15 is 4.39 Å². The largest absolute Gasteiger partial charge is 0.472 e. The first kappa shape index (κ1) is 22.3. The molecule has 1 saturated carbocycles. The summed E-state index contributed by atoms with van der Waals surface area (Å²) in [4.78, 5) is 33.6. The van der Waals surface area contributed by atoms with Gasteiger partial charge in [-0.05, 0) is 31.0 Å². The number of hydrogen-bond donors (Lipinski definition) is 3. The molecule has 38 heavy (non-hydrogen) atoms. The minimum atomic E-state index is -0.520. The highest BCUT2D eigenvalue weighted by atomic mass is 19.1. The predicted molar refractivity (Wildman–Crippen MR) is 138 cm³/mol. The lowest BCUT2D eigenvalue weighted by molar-refractivity contribution is -0.119. The second kappa shape index (κ2) is 8.87. The predicted octanol–water partition coefficient (Wildman–Crippen LogP) is 5.49. The zero-order valence-corrected chi connectivity index (χ0v) is 20.0. The summed E-state index contributed by atoms with van der Waals surface area (Å²) in [5.74, 6) is -0.164. The number of halogens is 1. The fraction of sp³-hybridized carbons (Fsp3) is 0.185. The Kier molecular flexibility index (Phi) is 5.20. The number of nitrogens with one attached hydrogen (secondary N) is 3. The van der Waals surface area contributed by atoms with Crippen molar-refractivity contribution in [2.45, 2.75) is 25.7 Å². The van der Waals surface area contributed by atoms with Crippen LogP contribution in [0.5, 0.6) is 0 Å². The van der Waals surface area contributed by atoms with E-state index in [1.807, 2.05) is 0 Å². The van der Waals surface area contributed by atoms with Crippen LogP contribution in [0.3, 0.4) is 0 Å². The summed E-state index contributed by atoms with van der Waals surface area (Å²) in [6.45, 7) is 0. The Balaban J connectivity index is 1.28. The lowest BCUT2D eigenvalue weighted by atomic mass is 10.1. The number of H-pyrrole nitrogens is 2. The second-order valence-electron chi connectivity index (χ2n) is 9.37. The van der Waals surface area contributed by atoms with Crippen molar-refractivity contribution in [2.75, 3.05) is 5.32 Å². The first-order valence-electron chi connectivity index (χ1n) is 12.3. The molecule has 0 atom stereocenters. The van der Waals surface area contributed by atoms with Crippen LogP contribution in [0.25, 0.3) is 56.0 Å². The third-order valence-electron chi connectivity index (χ3n) is 6.99. The number of anilines is 1. The molecule has 0 bridgehead atoms. The summed E-state index contributed by atoms with van der Waals surface area (Å²) in [5.41, 5.74) is 4.58. The average molecular weight is 509 g/mol. The van der Waals surface area contributed by atoms with Gasteiger partial charge in [0, 0.05) is 41.2 Å². The Labute approximate surface area is 214 Å². The van der Waals surface area contributed by atoms with E-state index in [1.54, 1.807) is 49.3 Å². The number of carbonyl (C=O) groups excluding carboxylic acids is 1. The maximum Gasteiger partial charge on any atom is 0.227 e. The van der Waals surface area contributed by atoms with Crippen molar-refractivity contribution in [1.82, 2.24) is 35.1 Å². The van der Waals surface area contributed by atoms with E-state index in [-0.39, 0.29) is 28.4 Å². The van der Waals surface area contributed by atoms with Gasteiger partial charge in [-0.25, -0.2) is 14.4 Å². The summed E-state index contributed by atoms with van der Waals surface area (Å²) in [6, 6.07) is 5.30. The van der Waals surface area contributed by atoms with Gasteiger partial charge in [0.1, 0.15) is 22.7 Å². The number of aromatic nitrogens is 7. The SMILES string of the molecule is O=C(Nc1cncc(-c2cnc3[nH]nc(-c4nc5c(-c6ccoc6)nccc5[nH]4)c3c2F)c1)C1CCCC1. The van der Waals surface area contributed by atoms with Crippen molar-refractivity contribution in [3.05, 3.63) is 61.3 Å². The maximum absolute atomic E-state index is 16.1. The first-order valence-corrected chi connectivity index (χ1v) is 12.3. The summed E-state index contributed by atoms with van der Waals surface area (Å²) < 4.78 is 21.3. The molecule has 0 unspecified atom stereocenters. The molecular formula is C27H21FN8O2. The number of aromatic amines is 2. The number of imidazole rings is 1. The van der Waals surface area contributed by atoms with Crippen LogP contribution in [0, 0.1) is 11.7 Å². The molecule has 1 aliphatic carbocycles. The molecule has 1 fully saturated rings. The van der Waals surface area contributed by atoms with E-state index in [2.05, 4.69) is 35.5 Å². The normalized spacial score (nSPS) is 14.0.